The summed E-state index contributed by atoms with van der Waals surface area (Å²) in [4.78, 5) is 0. The maximum absolute atomic E-state index is 9.40. The van der Waals surface area contributed by atoms with Gasteiger partial charge in [-0.3, -0.25) is 0 Å². The van der Waals surface area contributed by atoms with Crippen LogP contribution < -0.4 is 4.74 Å². The van der Waals surface area contributed by atoms with Crippen molar-refractivity contribution >= 4 is 0 Å². The molecule has 1 rings (SSSR count). The summed E-state index contributed by atoms with van der Waals surface area (Å²) in [7, 11) is 1.56. The van der Waals surface area contributed by atoms with Crippen molar-refractivity contribution in [3.8, 4) is 5.75 Å². The quantitative estimate of drug-likeness (QED) is 0.803. The average molecular weight is 210 g/mol. The number of aliphatic hydroxyl groups is 1. The number of ether oxygens (including phenoxy) is 2. The Kier molecular flexibility index (Phi) is 4.59. The van der Waals surface area contributed by atoms with Crippen molar-refractivity contribution in [1.29, 1.82) is 0 Å². The lowest BCUT2D eigenvalue weighted by Gasteiger charge is -2.12. The predicted octanol–water partition coefficient (Wildman–Crippen LogP) is 1.69. The molecule has 3 heteroatoms. The van der Waals surface area contributed by atoms with Crippen LogP contribution in [0.5, 0.6) is 5.75 Å². The molecule has 0 heterocycles. The molecule has 0 aliphatic carbocycles. The lowest BCUT2D eigenvalue weighted by atomic mass is 10.1. The summed E-state index contributed by atoms with van der Waals surface area (Å²) >= 11 is 0. The third-order valence-electron chi connectivity index (χ3n) is 2.00. The maximum Gasteiger partial charge on any atom is 0.119 e. The molecule has 1 aromatic carbocycles. The van der Waals surface area contributed by atoms with Gasteiger partial charge in [0, 0.05) is 7.11 Å². The molecule has 0 fully saturated rings. The van der Waals surface area contributed by atoms with Gasteiger partial charge in [-0.25, -0.2) is 0 Å². The van der Waals surface area contributed by atoms with Gasteiger partial charge in [0.1, 0.15) is 18.5 Å². The van der Waals surface area contributed by atoms with Crippen molar-refractivity contribution in [2.24, 2.45) is 0 Å². The summed E-state index contributed by atoms with van der Waals surface area (Å²) in [5.74, 6) is 0.794. The monoisotopic (exact) mass is 210 g/mol. The van der Waals surface area contributed by atoms with Gasteiger partial charge in [-0.05, 0) is 37.1 Å². The number of hydrogen-bond acceptors (Lipinski definition) is 3. The highest BCUT2D eigenvalue weighted by atomic mass is 16.5. The number of aliphatic hydroxyl groups excluding tert-OH is 1. The zero-order chi connectivity index (χ0) is 11.3. The van der Waals surface area contributed by atoms with Gasteiger partial charge in [-0.1, -0.05) is 6.07 Å². The van der Waals surface area contributed by atoms with Crippen LogP contribution in [0.2, 0.25) is 0 Å². The molecule has 0 spiro atoms. The van der Waals surface area contributed by atoms with Crippen molar-refractivity contribution in [3.63, 3.8) is 0 Å². The molecule has 0 aromatic heterocycles. The Morgan fingerprint density at radius 2 is 1.73 bits per heavy atom. The molecular formula is C12H18O3. The molecule has 0 saturated heterocycles. The molecule has 1 unspecified atom stereocenters. The van der Waals surface area contributed by atoms with Crippen molar-refractivity contribution < 1.29 is 14.6 Å². The van der Waals surface area contributed by atoms with Gasteiger partial charge in [0.05, 0.1) is 6.61 Å². The molecule has 1 aromatic rings. The van der Waals surface area contributed by atoms with Crippen molar-refractivity contribution in [2.45, 2.75) is 20.0 Å². The van der Waals surface area contributed by atoms with Gasteiger partial charge in [0.25, 0.3) is 0 Å². The van der Waals surface area contributed by atoms with E-state index in [1.54, 1.807) is 7.11 Å². The third kappa shape index (κ3) is 4.32. The average Bonchev–Trinajstić information content (AvgIpc) is 2.14. The Morgan fingerprint density at radius 3 is 2.27 bits per heavy atom. The lowest BCUT2D eigenvalue weighted by Crippen LogP contribution is -2.22. The summed E-state index contributed by atoms with van der Waals surface area (Å²) in [5, 5.41) is 9.40. The van der Waals surface area contributed by atoms with Gasteiger partial charge in [0.15, 0.2) is 0 Å². The second-order valence-corrected chi connectivity index (χ2v) is 3.74. The summed E-state index contributed by atoms with van der Waals surface area (Å²) in [6, 6.07) is 5.98. The first-order valence-corrected chi connectivity index (χ1v) is 5.00. The third-order valence-corrected chi connectivity index (χ3v) is 2.00. The minimum atomic E-state index is -0.573. The molecule has 0 amide bonds. The lowest BCUT2D eigenvalue weighted by molar-refractivity contribution is 0.0325. The summed E-state index contributed by atoms with van der Waals surface area (Å²) in [6.07, 6.45) is -0.573. The van der Waals surface area contributed by atoms with Crippen molar-refractivity contribution in [3.05, 3.63) is 29.3 Å². The van der Waals surface area contributed by atoms with E-state index < -0.39 is 6.10 Å². The largest absolute Gasteiger partial charge is 0.491 e. The minimum Gasteiger partial charge on any atom is -0.491 e. The number of benzene rings is 1. The van der Waals surface area contributed by atoms with Crippen LogP contribution in [0.3, 0.4) is 0 Å². The molecule has 0 radical (unpaired) electrons. The van der Waals surface area contributed by atoms with E-state index in [0.29, 0.717) is 6.61 Å². The fourth-order valence-electron chi connectivity index (χ4n) is 1.45. The molecule has 15 heavy (non-hydrogen) atoms. The molecule has 1 N–H and O–H groups in total. The molecule has 3 nitrogen and oxygen atoms in total. The zero-order valence-electron chi connectivity index (χ0n) is 9.49. The highest BCUT2D eigenvalue weighted by molar-refractivity contribution is 5.32. The normalized spacial score (nSPS) is 12.5. The fourth-order valence-corrected chi connectivity index (χ4v) is 1.45. The maximum atomic E-state index is 9.40. The second kappa shape index (κ2) is 5.73. The number of methoxy groups -OCH3 is 1. The first-order chi connectivity index (χ1) is 7.11. The number of aryl methyl sites for hydroxylation is 2. The van der Waals surface area contributed by atoms with E-state index in [9.17, 15) is 5.11 Å². The first-order valence-electron chi connectivity index (χ1n) is 5.00. The Balaban J connectivity index is 2.50. The van der Waals surface area contributed by atoms with E-state index in [1.165, 1.54) is 0 Å². The van der Waals surface area contributed by atoms with E-state index >= 15 is 0 Å². The Labute approximate surface area is 90.6 Å². The molecular weight excluding hydrogens is 192 g/mol. The minimum absolute atomic E-state index is 0.261. The summed E-state index contributed by atoms with van der Waals surface area (Å²) in [6.45, 7) is 4.60. The van der Waals surface area contributed by atoms with Crippen molar-refractivity contribution in [2.75, 3.05) is 20.3 Å². The molecule has 0 bridgehead atoms. The summed E-state index contributed by atoms with van der Waals surface area (Å²) < 4.78 is 10.3. The van der Waals surface area contributed by atoms with Crippen LogP contribution in [0.15, 0.2) is 18.2 Å². The first kappa shape index (κ1) is 12.0. The van der Waals surface area contributed by atoms with Crippen LogP contribution in [0, 0.1) is 13.8 Å². The van der Waals surface area contributed by atoms with Gasteiger partial charge >= 0.3 is 0 Å². The molecule has 1 atom stereocenters. The van der Waals surface area contributed by atoms with E-state index in [-0.39, 0.29) is 6.61 Å². The molecule has 0 saturated carbocycles. The second-order valence-electron chi connectivity index (χ2n) is 3.74. The Hall–Kier alpha value is -1.06. The van der Waals surface area contributed by atoms with Gasteiger partial charge < -0.3 is 14.6 Å². The standard InChI is InChI=1S/C12H18O3/c1-9-4-10(2)6-12(5-9)15-8-11(13)7-14-3/h4-6,11,13H,7-8H2,1-3H3. The van der Waals surface area contributed by atoms with Gasteiger partial charge in [0.2, 0.25) is 0 Å². The fraction of sp³-hybridized carbons (Fsp3) is 0.500. The van der Waals surface area contributed by atoms with E-state index in [4.69, 9.17) is 9.47 Å². The van der Waals surface area contributed by atoms with Crippen LogP contribution in [-0.2, 0) is 4.74 Å². The summed E-state index contributed by atoms with van der Waals surface area (Å²) in [5.41, 5.74) is 2.32. The Bertz CT molecular complexity index is 289. The van der Waals surface area contributed by atoms with Gasteiger partial charge in [-0.15, -0.1) is 0 Å². The highest BCUT2D eigenvalue weighted by Gasteiger charge is 2.04. The van der Waals surface area contributed by atoms with Crippen LogP contribution in [0.4, 0.5) is 0 Å². The van der Waals surface area contributed by atoms with E-state index in [2.05, 4.69) is 6.07 Å². The topological polar surface area (TPSA) is 38.7 Å². The number of hydrogen-bond donors (Lipinski definition) is 1. The predicted molar refractivity (Wildman–Crippen MR) is 59.3 cm³/mol. The van der Waals surface area contributed by atoms with E-state index in [1.807, 2.05) is 26.0 Å². The SMILES string of the molecule is COCC(O)COc1cc(C)cc(C)c1. The highest BCUT2D eigenvalue weighted by Crippen LogP contribution is 2.16. The van der Waals surface area contributed by atoms with Crippen LogP contribution in [-0.4, -0.2) is 31.5 Å². The van der Waals surface area contributed by atoms with Crippen LogP contribution in [0.25, 0.3) is 0 Å². The van der Waals surface area contributed by atoms with Crippen LogP contribution in [0.1, 0.15) is 11.1 Å². The molecule has 0 aliphatic rings. The number of rotatable bonds is 5. The van der Waals surface area contributed by atoms with Crippen molar-refractivity contribution in [1.82, 2.24) is 0 Å². The smallest absolute Gasteiger partial charge is 0.119 e. The van der Waals surface area contributed by atoms with Crippen LogP contribution >= 0.6 is 0 Å². The Morgan fingerprint density at radius 1 is 1.13 bits per heavy atom. The van der Waals surface area contributed by atoms with E-state index in [0.717, 1.165) is 16.9 Å². The molecule has 84 valence electrons. The zero-order valence-corrected chi connectivity index (χ0v) is 9.49. The molecule has 0 aliphatic heterocycles. The van der Waals surface area contributed by atoms with Gasteiger partial charge in [-0.2, -0.15) is 0 Å².